The van der Waals surface area contributed by atoms with Gasteiger partial charge in [0.05, 0.1) is 4.90 Å². The maximum Gasteiger partial charge on any atom is 0.175 e. The standard InChI is InChI=1S/C9H12O2S2/c1-7-6-8(13(3,10)11)4-5-9(7)12-2/h4-6H,1-3H3. The maximum atomic E-state index is 11.2. The van der Waals surface area contributed by atoms with E-state index in [9.17, 15) is 8.42 Å². The average Bonchev–Trinajstić information content (AvgIpc) is 2.02. The lowest BCUT2D eigenvalue weighted by Gasteiger charge is -2.04. The number of benzene rings is 1. The Balaban J connectivity index is 3.26. The van der Waals surface area contributed by atoms with Crippen molar-refractivity contribution in [3.8, 4) is 0 Å². The molecule has 0 spiro atoms. The molecule has 0 heterocycles. The van der Waals surface area contributed by atoms with Crippen LogP contribution in [0.2, 0.25) is 0 Å². The summed E-state index contributed by atoms with van der Waals surface area (Å²) in [6.07, 6.45) is 3.20. The van der Waals surface area contributed by atoms with Crippen LogP contribution in [-0.2, 0) is 9.84 Å². The Bertz CT molecular complexity index is 408. The fourth-order valence-corrected chi connectivity index (χ4v) is 2.37. The minimum absolute atomic E-state index is 0.391. The predicted molar refractivity (Wildman–Crippen MR) is 56.1 cm³/mol. The predicted octanol–water partition coefficient (Wildman–Crippen LogP) is 2.12. The van der Waals surface area contributed by atoms with Gasteiger partial charge in [0.1, 0.15) is 0 Å². The molecule has 0 aliphatic heterocycles. The van der Waals surface area contributed by atoms with Crippen molar-refractivity contribution in [1.29, 1.82) is 0 Å². The lowest BCUT2D eigenvalue weighted by Crippen LogP contribution is -1.97. The zero-order valence-electron chi connectivity index (χ0n) is 7.87. The van der Waals surface area contributed by atoms with Gasteiger partial charge in [-0.15, -0.1) is 11.8 Å². The Kier molecular flexibility index (Phi) is 3.03. The molecule has 0 saturated carbocycles. The van der Waals surface area contributed by atoms with Crippen LogP contribution in [0.1, 0.15) is 5.56 Å². The van der Waals surface area contributed by atoms with E-state index >= 15 is 0 Å². The number of sulfone groups is 1. The molecule has 0 N–H and O–H groups in total. The van der Waals surface area contributed by atoms with Crippen molar-refractivity contribution < 1.29 is 8.42 Å². The molecule has 0 radical (unpaired) electrons. The van der Waals surface area contributed by atoms with Crippen molar-refractivity contribution in [3.63, 3.8) is 0 Å². The molecule has 0 fully saturated rings. The molecule has 0 bridgehead atoms. The molecule has 0 atom stereocenters. The van der Waals surface area contributed by atoms with E-state index < -0.39 is 9.84 Å². The summed E-state index contributed by atoms with van der Waals surface area (Å²) in [5.41, 5.74) is 1.01. The van der Waals surface area contributed by atoms with Crippen LogP contribution < -0.4 is 0 Å². The summed E-state index contributed by atoms with van der Waals surface area (Å²) < 4.78 is 22.4. The number of hydrogen-bond donors (Lipinski definition) is 0. The maximum absolute atomic E-state index is 11.2. The highest BCUT2D eigenvalue weighted by Crippen LogP contribution is 2.22. The first kappa shape index (κ1) is 10.6. The van der Waals surface area contributed by atoms with E-state index in [1.165, 1.54) is 6.26 Å². The molecule has 0 aromatic heterocycles. The summed E-state index contributed by atoms with van der Waals surface area (Å²) in [5, 5.41) is 0. The number of aryl methyl sites for hydroxylation is 1. The molecule has 1 rings (SSSR count). The Labute approximate surface area is 83.3 Å². The molecule has 1 aromatic carbocycles. The molecule has 1 aromatic rings. The third-order valence-corrected chi connectivity index (χ3v) is 3.80. The fraction of sp³-hybridized carbons (Fsp3) is 0.333. The number of rotatable bonds is 2. The van der Waals surface area contributed by atoms with Gasteiger partial charge in [0, 0.05) is 11.2 Å². The van der Waals surface area contributed by atoms with Gasteiger partial charge in [0.15, 0.2) is 9.84 Å². The zero-order valence-corrected chi connectivity index (χ0v) is 9.50. The third kappa shape index (κ3) is 2.48. The van der Waals surface area contributed by atoms with Crippen LogP contribution in [0.4, 0.5) is 0 Å². The van der Waals surface area contributed by atoms with Crippen LogP contribution in [0, 0.1) is 6.92 Å². The summed E-state index contributed by atoms with van der Waals surface area (Å²) in [4.78, 5) is 1.51. The van der Waals surface area contributed by atoms with Gasteiger partial charge in [-0.1, -0.05) is 0 Å². The smallest absolute Gasteiger partial charge is 0.175 e. The Morgan fingerprint density at radius 3 is 2.31 bits per heavy atom. The monoisotopic (exact) mass is 216 g/mol. The second kappa shape index (κ2) is 3.72. The third-order valence-electron chi connectivity index (χ3n) is 1.79. The lowest BCUT2D eigenvalue weighted by atomic mass is 10.2. The SMILES string of the molecule is CSc1ccc(S(C)(=O)=O)cc1C. The quantitative estimate of drug-likeness (QED) is 0.710. The molecule has 0 aliphatic rings. The van der Waals surface area contributed by atoms with E-state index in [1.807, 2.05) is 19.2 Å². The molecular weight excluding hydrogens is 204 g/mol. The van der Waals surface area contributed by atoms with E-state index in [0.29, 0.717) is 4.90 Å². The van der Waals surface area contributed by atoms with Gasteiger partial charge in [-0.3, -0.25) is 0 Å². The van der Waals surface area contributed by atoms with E-state index in [1.54, 1.807) is 23.9 Å². The molecule has 0 unspecified atom stereocenters. The number of thioether (sulfide) groups is 1. The highest BCUT2D eigenvalue weighted by atomic mass is 32.2. The lowest BCUT2D eigenvalue weighted by molar-refractivity contribution is 0.601. The van der Waals surface area contributed by atoms with Crippen LogP contribution in [0.25, 0.3) is 0 Å². The van der Waals surface area contributed by atoms with E-state index in [-0.39, 0.29) is 0 Å². The zero-order chi connectivity index (χ0) is 10.1. The molecule has 0 saturated heterocycles. The van der Waals surface area contributed by atoms with Crippen molar-refractivity contribution in [3.05, 3.63) is 23.8 Å². The van der Waals surface area contributed by atoms with Crippen LogP contribution in [0.15, 0.2) is 28.0 Å². The van der Waals surface area contributed by atoms with Gasteiger partial charge in [0.2, 0.25) is 0 Å². The Hall–Kier alpha value is -0.480. The van der Waals surface area contributed by atoms with Crippen molar-refractivity contribution >= 4 is 21.6 Å². The highest BCUT2D eigenvalue weighted by molar-refractivity contribution is 7.98. The summed E-state index contributed by atoms with van der Waals surface area (Å²) in [5.74, 6) is 0. The Morgan fingerprint density at radius 1 is 1.31 bits per heavy atom. The van der Waals surface area contributed by atoms with Gasteiger partial charge in [-0.05, 0) is 36.9 Å². The summed E-state index contributed by atoms with van der Waals surface area (Å²) in [6, 6.07) is 5.20. The normalized spacial score (nSPS) is 11.6. The van der Waals surface area contributed by atoms with Gasteiger partial charge >= 0.3 is 0 Å². The summed E-state index contributed by atoms with van der Waals surface area (Å²) in [7, 11) is -3.06. The van der Waals surface area contributed by atoms with Gasteiger partial charge < -0.3 is 0 Å². The second-order valence-corrected chi connectivity index (χ2v) is 5.77. The topological polar surface area (TPSA) is 34.1 Å². The molecule has 4 heteroatoms. The van der Waals surface area contributed by atoms with Crippen LogP contribution in [-0.4, -0.2) is 20.9 Å². The Morgan fingerprint density at radius 2 is 1.92 bits per heavy atom. The molecule has 0 amide bonds. The second-order valence-electron chi connectivity index (χ2n) is 2.90. The average molecular weight is 216 g/mol. The van der Waals surface area contributed by atoms with E-state index in [0.717, 1.165) is 10.5 Å². The first-order valence-corrected chi connectivity index (χ1v) is 6.91. The van der Waals surface area contributed by atoms with E-state index in [4.69, 9.17) is 0 Å². The van der Waals surface area contributed by atoms with Crippen LogP contribution in [0.5, 0.6) is 0 Å². The van der Waals surface area contributed by atoms with Crippen LogP contribution in [0.3, 0.4) is 0 Å². The van der Waals surface area contributed by atoms with Crippen molar-refractivity contribution in [2.24, 2.45) is 0 Å². The first-order chi connectivity index (χ1) is 5.95. The molecule has 72 valence electrons. The summed E-state index contributed by atoms with van der Waals surface area (Å²) in [6.45, 7) is 1.92. The minimum Gasteiger partial charge on any atom is -0.224 e. The van der Waals surface area contributed by atoms with Crippen molar-refractivity contribution in [2.45, 2.75) is 16.7 Å². The van der Waals surface area contributed by atoms with Crippen LogP contribution >= 0.6 is 11.8 Å². The van der Waals surface area contributed by atoms with Gasteiger partial charge in [-0.2, -0.15) is 0 Å². The van der Waals surface area contributed by atoms with Crippen molar-refractivity contribution in [1.82, 2.24) is 0 Å². The highest BCUT2D eigenvalue weighted by Gasteiger charge is 2.07. The summed E-state index contributed by atoms with van der Waals surface area (Å²) >= 11 is 1.62. The fourth-order valence-electron chi connectivity index (χ4n) is 1.08. The molecule has 0 aliphatic carbocycles. The van der Waals surface area contributed by atoms with Gasteiger partial charge in [-0.25, -0.2) is 8.42 Å². The molecular formula is C9H12O2S2. The largest absolute Gasteiger partial charge is 0.224 e. The van der Waals surface area contributed by atoms with E-state index in [2.05, 4.69) is 0 Å². The van der Waals surface area contributed by atoms with Crippen molar-refractivity contribution in [2.75, 3.05) is 12.5 Å². The molecule has 13 heavy (non-hydrogen) atoms. The molecule has 2 nitrogen and oxygen atoms in total. The minimum atomic E-state index is -3.06. The van der Waals surface area contributed by atoms with Gasteiger partial charge in [0.25, 0.3) is 0 Å². The first-order valence-electron chi connectivity index (χ1n) is 3.80. The number of hydrogen-bond acceptors (Lipinski definition) is 3.